The first kappa shape index (κ1) is 12.1. The van der Waals surface area contributed by atoms with E-state index in [1.54, 1.807) is 0 Å². The molecule has 17 heavy (non-hydrogen) atoms. The van der Waals surface area contributed by atoms with Crippen molar-refractivity contribution >= 4 is 0 Å². The molecule has 1 aromatic carbocycles. The van der Waals surface area contributed by atoms with Crippen molar-refractivity contribution in [2.45, 2.75) is 44.7 Å². The molecular weight excluding hydrogens is 208 g/mol. The average Bonchev–Trinajstić information content (AvgIpc) is 2.40. The summed E-state index contributed by atoms with van der Waals surface area (Å²) in [6, 6.07) is 13.8. The van der Waals surface area contributed by atoms with Gasteiger partial charge in [0, 0.05) is 12.1 Å². The van der Waals surface area contributed by atoms with Crippen LogP contribution >= 0.6 is 0 Å². The van der Waals surface area contributed by atoms with Gasteiger partial charge in [-0.15, -0.1) is 0 Å². The third-order valence-corrected chi connectivity index (χ3v) is 3.78. The van der Waals surface area contributed by atoms with E-state index >= 15 is 0 Å². The maximum Gasteiger partial charge on any atom is 0.0638 e. The van der Waals surface area contributed by atoms with E-state index < -0.39 is 0 Å². The average molecular weight is 228 g/mol. The molecule has 90 valence electrons. The molecule has 1 aliphatic heterocycles. The minimum absolute atomic E-state index is 0.426. The number of nitrogens with zero attached hydrogens (tertiary/aromatic N) is 2. The molecule has 0 radical (unpaired) electrons. The highest BCUT2D eigenvalue weighted by Crippen LogP contribution is 2.29. The monoisotopic (exact) mass is 228 g/mol. The van der Waals surface area contributed by atoms with Crippen LogP contribution in [-0.4, -0.2) is 17.5 Å². The number of rotatable bonds is 3. The molecule has 1 saturated heterocycles. The fourth-order valence-electron chi connectivity index (χ4n) is 2.78. The Hall–Kier alpha value is -1.33. The summed E-state index contributed by atoms with van der Waals surface area (Å²) in [5.74, 6) is 0. The molecule has 0 spiro atoms. The molecule has 1 heterocycles. The van der Waals surface area contributed by atoms with E-state index in [9.17, 15) is 0 Å². The van der Waals surface area contributed by atoms with Gasteiger partial charge in [-0.25, -0.2) is 0 Å². The lowest BCUT2D eigenvalue weighted by molar-refractivity contribution is 0.105. The van der Waals surface area contributed by atoms with Crippen LogP contribution in [0.15, 0.2) is 30.3 Å². The summed E-state index contributed by atoms with van der Waals surface area (Å²) >= 11 is 0. The van der Waals surface area contributed by atoms with Crippen LogP contribution in [0.25, 0.3) is 0 Å². The lowest BCUT2D eigenvalue weighted by Gasteiger charge is -2.39. The van der Waals surface area contributed by atoms with Gasteiger partial charge in [0.2, 0.25) is 0 Å². The van der Waals surface area contributed by atoms with Gasteiger partial charge in [-0.1, -0.05) is 36.8 Å². The van der Waals surface area contributed by atoms with Crippen LogP contribution in [0.5, 0.6) is 0 Å². The smallest absolute Gasteiger partial charge is 0.0638 e. The lowest BCUT2D eigenvalue weighted by atomic mass is 9.95. The highest BCUT2D eigenvalue weighted by molar-refractivity contribution is 5.18. The normalized spacial score (nSPS) is 22.9. The highest BCUT2D eigenvalue weighted by atomic mass is 15.2. The molecule has 2 atom stereocenters. The molecular formula is C15H20N2. The van der Waals surface area contributed by atoms with E-state index in [1.807, 2.05) is 0 Å². The van der Waals surface area contributed by atoms with E-state index in [2.05, 4.69) is 48.2 Å². The Labute approximate surface area is 104 Å². The molecule has 0 N–H and O–H groups in total. The van der Waals surface area contributed by atoms with Crippen molar-refractivity contribution in [3.63, 3.8) is 0 Å². The van der Waals surface area contributed by atoms with Crippen molar-refractivity contribution in [3.05, 3.63) is 35.9 Å². The standard InChI is InChI=1S/C15H20N2/c1-13(14-7-3-2-4-8-14)17-12-6-5-9-15(17)10-11-16/h2-4,7-8,13,15H,5-6,9-10,12H2,1H3/t13-,15-/m1/s1. The Kier molecular flexibility index (Phi) is 4.17. The molecule has 1 aromatic rings. The summed E-state index contributed by atoms with van der Waals surface area (Å²) in [5.41, 5.74) is 1.36. The number of hydrogen-bond donors (Lipinski definition) is 0. The van der Waals surface area contributed by atoms with Crippen LogP contribution in [0.1, 0.15) is 44.2 Å². The third kappa shape index (κ3) is 2.87. The zero-order valence-electron chi connectivity index (χ0n) is 10.5. The predicted molar refractivity (Wildman–Crippen MR) is 69.4 cm³/mol. The number of hydrogen-bond acceptors (Lipinski definition) is 2. The number of piperidine rings is 1. The van der Waals surface area contributed by atoms with Crippen molar-refractivity contribution in [2.75, 3.05) is 6.54 Å². The summed E-state index contributed by atoms with van der Waals surface area (Å²) in [4.78, 5) is 2.50. The summed E-state index contributed by atoms with van der Waals surface area (Å²) < 4.78 is 0. The molecule has 0 unspecified atom stereocenters. The van der Waals surface area contributed by atoms with E-state index in [0.717, 1.165) is 6.54 Å². The molecule has 2 heteroatoms. The summed E-state index contributed by atoms with van der Waals surface area (Å²) in [5, 5.41) is 8.91. The van der Waals surface area contributed by atoms with Crippen molar-refractivity contribution in [1.82, 2.24) is 4.90 Å². The second kappa shape index (κ2) is 5.84. The van der Waals surface area contributed by atoms with Gasteiger partial charge in [-0.3, -0.25) is 4.90 Å². The van der Waals surface area contributed by atoms with Gasteiger partial charge in [0.25, 0.3) is 0 Å². The van der Waals surface area contributed by atoms with Crippen LogP contribution in [0.3, 0.4) is 0 Å². The number of likely N-dealkylation sites (tertiary alicyclic amines) is 1. The quantitative estimate of drug-likeness (QED) is 0.791. The number of nitriles is 1. The predicted octanol–water partition coefficient (Wildman–Crippen LogP) is 3.52. The molecule has 0 aromatic heterocycles. The minimum atomic E-state index is 0.426. The number of benzene rings is 1. The van der Waals surface area contributed by atoms with Gasteiger partial charge < -0.3 is 0 Å². The van der Waals surface area contributed by atoms with Crippen LogP contribution in [0, 0.1) is 11.3 Å². The van der Waals surface area contributed by atoms with Crippen LogP contribution in [0.2, 0.25) is 0 Å². The first-order valence-electron chi connectivity index (χ1n) is 6.50. The Bertz CT molecular complexity index is 380. The molecule has 1 aliphatic rings. The summed E-state index contributed by atoms with van der Waals surface area (Å²) in [7, 11) is 0. The Morgan fingerprint density at radius 2 is 2.12 bits per heavy atom. The van der Waals surface area contributed by atoms with Crippen LogP contribution in [0.4, 0.5) is 0 Å². The Morgan fingerprint density at radius 1 is 1.35 bits per heavy atom. The molecule has 0 bridgehead atoms. The summed E-state index contributed by atoms with van der Waals surface area (Å²) in [6.07, 6.45) is 4.37. The minimum Gasteiger partial charge on any atom is -0.293 e. The third-order valence-electron chi connectivity index (χ3n) is 3.78. The van der Waals surface area contributed by atoms with E-state index in [-0.39, 0.29) is 0 Å². The molecule has 2 rings (SSSR count). The molecule has 1 fully saturated rings. The van der Waals surface area contributed by atoms with Crippen molar-refractivity contribution in [1.29, 1.82) is 5.26 Å². The second-order valence-corrected chi connectivity index (χ2v) is 4.84. The maximum absolute atomic E-state index is 8.91. The first-order chi connectivity index (χ1) is 8.33. The zero-order chi connectivity index (χ0) is 12.1. The van der Waals surface area contributed by atoms with E-state index in [0.29, 0.717) is 18.5 Å². The largest absolute Gasteiger partial charge is 0.293 e. The SMILES string of the molecule is C[C@H](c1ccccc1)N1CCCC[C@@H]1CC#N. The maximum atomic E-state index is 8.91. The van der Waals surface area contributed by atoms with Gasteiger partial charge in [0.15, 0.2) is 0 Å². The van der Waals surface area contributed by atoms with Crippen molar-refractivity contribution in [2.24, 2.45) is 0 Å². The van der Waals surface area contributed by atoms with Crippen molar-refractivity contribution in [3.8, 4) is 6.07 Å². The summed E-state index contributed by atoms with van der Waals surface area (Å²) in [6.45, 7) is 3.38. The topological polar surface area (TPSA) is 27.0 Å². The zero-order valence-corrected chi connectivity index (χ0v) is 10.5. The molecule has 0 amide bonds. The molecule has 0 saturated carbocycles. The van der Waals surface area contributed by atoms with Gasteiger partial charge in [-0.05, 0) is 31.9 Å². The highest BCUT2D eigenvalue weighted by Gasteiger charge is 2.26. The van der Waals surface area contributed by atoms with Crippen molar-refractivity contribution < 1.29 is 0 Å². The first-order valence-corrected chi connectivity index (χ1v) is 6.50. The van der Waals surface area contributed by atoms with E-state index in [1.165, 1.54) is 24.8 Å². The second-order valence-electron chi connectivity index (χ2n) is 4.84. The van der Waals surface area contributed by atoms with Crippen LogP contribution in [-0.2, 0) is 0 Å². The fraction of sp³-hybridized carbons (Fsp3) is 0.533. The van der Waals surface area contributed by atoms with Crippen LogP contribution < -0.4 is 0 Å². The Morgan fingerprint density at radius 3 is 2.82 bits per heavy atom. The molecule has 2 nitrogen and oxygen atoms in total. The van der Waals surface area contributed by atoms with Gasteiger partial charge in [-0.2, -0.15) is 5.26 Å². The van der Waals surface area contributed by atoms with Gasteiger partial charge in [0.1, 0.15) is 0 Å². The van der Waals surface area contributed by atoms with E-state index in [4.69, 9.17) is 5.26 Å². The van der Waals surface area contributed by atoms with Gasteiger partial charge in [0.05, 0.1) is 12.5 Å². The fourth-order valence-corrected chi connectivity index (χ4v) is 2.78. The molecule has 0 aliphatic carbocycles. The lowest BCUT2D eigenvalue weighted by Crippen LogP contribution is -2.40. The van der Waals surface area contributed by atoms with Gasteiger partial charge >= 0.3 is 0 Å². The Balaban J connectivity index is 2.11.